The minimum atomic E-state index is -0.603. The highest BCUT2D eigenvalue weighted by Crippen LogP contribution is 2.47. The lowest BCUT2D eigenvalue weighted by atomic mass is 10.1. The molecule has 2 N–H and O–H groups in total. The van der Waals surface area contributed by atoms with Gasteiger partial charge in [0.25, 0.3) is 0 Å². The van der Waals surface area contributed by atoms with E-state index < -0.39 is 11.6 Å². The van der Waals surface area contributed by atoms with Gasteiger partial charge in [-0.3, -0.25) is 0 Å². The minimum Gasteiger partial charge on any atom is -0.382 e. The Hall–Kier alpha value is -1.73. The van der Waals surface area contributed by atoms with E-state index in [9.17, 15) is 4.39 Å². The molecule has 4 atom stereocenters. The van der Waals surface area contributed by atoms with E-state index in [1.54, 1.807) is 6.33 Å². The average molecular weight is 306 g/mol. The summed E-state index contributed by atoms with van der Waals surface area (Å²) in [6.07, 6.45) is 3.53. The fourth-order valence-electron chi connectivity index (χ4n) is 3.77. The van der Waals surface area contributed by atoms with Gasteiger partial charge in [-0.15, -0.1) is 0 Å². The third-order valence-electron chi connectivity index (χ3n) is 4.65. The number of nitrogen functional groups attached to an aromatic ring is 1. The summed E-state index contributed by atoms with van der Waals surface area (Å²) in [5, 5.41) is 0. The molecule has 118 valence electrons. The lowest BCUT2D eigenvalue weighted by Crippen LogP contribution is -2.27. The molecule has 1 saturated heterocycles. The number of hydrogen-bond donors (Lipinski definition) is 1. The van der Waals surface area contributed by atoms with Gasteiger partial charge in [0, 0.05) is 0 Å². The highest BCUT2D eigenvalue weighted by atomic mass is 19.1. The van der Waals surface area contributed by atoms with E-state index in [1.807, 2.05) is 18.4 Å². The average Bonchev–Trinajstić information content (AvgIpc) is 3.08. The number of nitrogens with two attached hydrogens (primary N) is 1. The number of halogens is 1. The van der Waals surface area contributed by atoms with E-state index in [-0.39, 0.29) is 29.6 Å². The van der Waals surface area contributed by atoms with Crippen LogP contribution in [-0.4, -0.2) is 32.5 Å². The number of imidazole rings is 1. The molecule has 0 bridgehead atoms. The van der Waals surface area contributed by atoms with Crippen molar-refractivity contribution in [2.24, 2.45) is 5.92 Å². The molecule has 0 amide bonds. The van der Waals surface area contributed by atoms with Gasteiger partial charge in [-0.2, -0.15) is 0 Å². The Morgan fingerprint density at radius 2 is 2.05 bits per heavy atom. The van der Waals surface area contributed by atoms with Gasteiger partial charge >= 0.3 is 0 Å². The first kappa shape index (κ1) is 13.9. The molecule has 3 heterocycles. The van der Waals surface area contributed by atoms with E-state index in [0.717, 1.165) is 12.6 Å². The quantitative estimate of drug-likeness (QED) is 0.874. The summed E-state index contributed by atoms with van der Waals surface area (Å²) in [6, 6.07) is 0.0117. The Labute approximate surface area is 127 Å². The van der Waals surface area contributed by atoms with Crippen LogP contribution in [0.5, 0.6) is 0 Å². The monoisotopic (exact) mass is 306 g/mol. The van der Waals surface area contributed by atoms with E-state index in [4.69, 9.17) is 15.2 Å². The topological polar surface area (TPSA) is 75.2 Å². The molecule has 7 heteroatoms. The van der Waals surface area contributed by atoms with Gasteiger partial charge in [0.2, 0.25) is 0 Å². The number of anilines is 1. The molecule has 4 rings (SSSR count). The summed E-state index contributed by atoms with van der Waals surface area (Å²) in [7, 11) is 0. The van der Waals surface area contributed by atoms with Crippen LogP contribution < -0.4 is 5.73 Å². The number of fused-ring (bicyclic) bond motifs is 2. The number of aromatic nitrogens is 3. The summed E-state index contributed by atoms with van der Waals surface area (Å²) in [5.74, 6) is -0.442. The van der Waals surface area contributed by atoms with Gasteiger partial charge in [-0.25, -0.2) is 14.4 Å². The van der Waals surface area contributed by atoms with Crippen LogP contribution in [0.2, 0.25) is 0 Å². The van der Waals surface area contributed by atoms with Crippen molar-refractivity contribution in [3.63, 3.8) is 0 Å². The molecule has 0 aromatic carbocycles. The summed E-state index contributed by atoms with van der Waals surface area (Å²) in [5.41, 5.74) is 6.74. The molecule has 2 aliphatic rings. The molecule has 0 spiro atoms. The molecular weight excluding hydrogens is 287 g/mol. The van der Waals surface area contributed by atoms with Crippen LogP contribution in [0, 0.1) is 11.7 Å². The van der Waals surface area contributed by atoms with Crippen LogP contribution in [0.3, 0.4) is 0 Å². The van der Waals surface area contributed by atoms with E-state index in [1.165, 1.54) is 0 Å². The molecule has 2 aromatic heterocycles. The van der Waals surface area contributed by atoms with Gasteiger partial charge in [-0.05, 0) is 26.2 Å². The molecule has 6 nitrogen and oxygen atoms in total. The lowest BCUT2D eigenvalue weighted by Gasteiger charge is -2.23. The van der Waals surface area contributed by atoms with Gasteiger partial charge in [0.05, 0.1) is 24.7 Å². The smallest absolute Gasteiger partial charge is 0.169 e. The van der Waals surface area contributed by atoms with Crippen molar-refractivity contribution in [2.75, 3.05) is 5.73 Å². The van der Waals surface area contributed by atoms with Crippen molar-refractivity contribution >= 4 is 16.9 Å². The van der Waals surface area contributed by atoms with Crippen LogP contribution >= 0.6 is 0 Å². The number of nitrogens with zero attached hydrogens (tertiary/aromatic N) is 3. The largest absolute Gasteiger partial charge is 0.382 e. The summed E-state index contributed by atoms with van der Waals surface area (Å²) >= 11 is 0. The number of hydrogen-bond acceptors (Lipinski definition) is 5. The van der Waals surface area contributed by atoms with Crippen molar-refractivity contribution in [3.05, 3.63) is 18.3 Å². The number of pyridine rings is 1. The van der Waals surface area contributed by atoms with E-state index in [0.29, 0.717) is 11.4 Å². The van der Waals surface area contributed by atoms with Crippen LogP contribution in [0.1, 0.15) is 33.2 Å². The van der Waals surface area contributed by atoms with Crippen LogP contribution in [0.15, 0.2) is 12.5 Å². The molecule has 2 fully saturated rings. The Morgan fingerprint density at radius 1 is 1.32 bits per heavy atom. The van der Waals surface area contributed by atoms with E-state index >= 15 is 0 Å². The summed E-state index contributed by atoms with van der Waals surface area (Å²) in [4.78, 5) is 8.08. The Balaban J connectivity index is 1.81. The van der Waals surface area contributed by atoms with Crippen molar-refractivity contribution in [1.29, 1.82) is 0 Å². The van der Waals surface area contributed by atoms with Gasteiger partial charge < -0.3 is 19.8 Å². The number of ether oxygens (including phenoxy) is 2. The second-order valence-corrected chi connectivity index (χ2v) is 6.69. The van der Waals surface area contributed by atoms with Gasteiger partial charge in [-0.1, -0.05) is 6.92 Å². The Bertz CT molecular complexity index is 744. The maximum atomic E-state index is 13.9. The first-order chi connectivity index (χ1) is 10.4. The lowest BCUT2D eigenvalue weighted by molar-refractivity contribution is -0.159. The first-order valence-corrected chi connectivity index (χ1v) is 7.49. The van der Waals surface area contributed by atoms with Crippen molar-refractivity contribution in [3.8, 4) is 0 Å². The maximum absolute atomic E-state index is 13.9. The minimum absolute atomic E-state index is 0.0117. The summed E-state index contributed by atoms with van der Waals surface area (Å²) in [6.45, 7) is 5.97. The zero-order valence-corrected chi connectivity index (χ0v) is 12.8. The molecule has 1 aliphatic heterocycles. The predicted molar refractivity (Wildman–Crippen MR) is 78.5 cm³/mol. The molecule has 1 saturated carbocycles. The molecule has 0 unspecified atom stereocenters. The van der Waals surface area contributed by atoms with Crippen LogP contribution in [0.4, 0.5) is 10.2 Å². The fraction of sp³-hybridized carbons (Fsp3) is 0.600. The zero-order chi connectivity index (χ0) is 15.6. The third kappa shape index (κ3) is 1.85. The summed E-state index contributed by atoms with van der Waals surface area (Å²) < 4.78 is 27.9. The van der Waals surface area contributed by atoms with Gasteiger partial charge in [0.15, 0.2) is 11.6 Å². The number of rotatable bonds is 1. The molecule has 0 radical (unpaired) electrons. The normalized spacial score (nSPS) is 33.5. The SMILES string of the molecule is C[C@H]1C[C@@H](n2cnc3c(F)cnc(N)c32)[C@@H]2OC(C)(C)O[C@@H]21. The second kappa shape index (κ2) is 4.39. The van der Waals surface area contributed by atoms with Crippen molar-refractivity contribution in [1.82, 2.24) is 14.5 Å². The van der Waals surface area contributed by atoms with Crippen molar-refractivity contribution < 1.29 is 13.9 Å². The standard InChI is InChI=1S/C15H19FN4O2/c1-7-4-9(13-12(7)21-15(2,3)22-13)20-6-19-10-8(16)5-18-14(17)11(10)20/h5-7,9,12-13H,4H2,1-3H3,(H2,17,18)/t7-,9+,12+,13-/m0/s1. The molecule has 22 heavy (non-hydrogen) atoms. The van der Waals surface area contributed by atoms with Crippen LogP contribution in [-0.2, 0) is 9.47 Å². The highest BCUT2D eigenvalue weighted by Gasteiger charge is 2.53. The first-order valence-electron chi connectivity index (χ1n) is 7.49. The van der Waals surface area contributed by atoms with E-state index in [2.05, 4.69) is 16.9 Å². The Morgan fingerprint density at radius 3 is 2.82 bits per heavy atom. The molecular formula is C15H19FN4O2. The maximum Gasteiger partial charge on any atom is 0.169 e. The van der Waals surface area contributed by atoms with Crippen molar-refractivity contribution in [2.45, 2.75) is 51.2 Å². The zero-order valence-electron chi connectivity index (χ0n) is 12.8. The fourth-order valence-corrected chi connectivity index (χ4v) is 3.77. The predicted octanol–water partition coefficient (Wildman–Crippen LogP) is 2.25. The third-order valence-corrected chi connectivity index (χ3v) is 4.65. The molecule has 1 aliphatic carbocycles. The second-order valence-electron chi connectivity index (χ2n) is 6.69. The van der Waals surface area contributed by atoms with Crippen LogP contribution in [0.25, 0.3) is 11.0 Å². The Kier molecular flexibility index (Phi) is 2.77. The molecule has 2 aromatic rings. The highest BCUT2D eigenvalue weighted by molar-refractivity contribution is 5.85. The van der Waals surface area contributed by atoms with Gasteiger partial charge in [0.1, 0.15) is 23.0 Å².